The molecule has 0 saturated carbocycles. The smallest absolute Gasteiger partial charge is 0.0604 e. The van der Waals surface area contributed by atoms with E-state index in [0.717, 1.165) is 10.2 Å². The van der Waals surface area contributed by atoms with Gasteiger partial charge in [-0.25, -0.2) is 0 Å². The minimum Gasteiger partial charge on any atom is -0.271 e. The van der Waals surface area contributed by atoms with Gasteiger partial charge in [0, 0.05) is 10.7 Å². The maximum absolute atomic E-state index is 5.25. The molecule has 0 aliphatic heterocycles. The third-order valence-corrected chi connectivity index (χ3v) is 1.93. The van der Waals surface area contributed by atoms with E-state index in [1.165, 1.54) is 0 Å². The maximum Gasteiger partial charge on any atom is 0.0604 e. The number of nitrogens with zero attached hydrogens (tertiary/aromatic N) is 1. The number of nitrogens with two attached hydrogens (primary N) is 1. The molecule has 4 heteroatoms. The summed E-state index contributed by atoms with van der Waals surface area (Å²) in [6.07, 6.45) is 1.74. The zero-order chi connectivity index (χ0) is 8.27. The molecular weight excluding hydrogens is 206 g/mol. The lowest BCUT2D eigenvalue weighted by Gasteiger charge is -2.08. The molecule has 1 unspecified atom stereocenters. The van der Waals surface area contributed by atoms with Crippen LogP contribution in [0.5, 0.6) is 0 Å². The van der Waals surface area contributed by atoms with Crippen LogP contribution in [0.4, 0.5) is 0 Å². The van der Waals surface area contributed by atoms with E-state index < -0.39 is 0 Å². The van der Waals surface area contributed by atoms with E-state index in [1.807, 2.05) is 19.1 Å². The summed E-state index contributed by atoms with van der Waals surface area (Å²) in [5.41, 5.74) is 3.56. The molecule has 1 atom stereocenters. The Balaban J connectivity index is 2.86. The minimum atomic E-state index is 0.0903. The average Bonchev–Trinajstić information content (AvgIpc) is 2.03. The van der Waals surface area contributed by atoms with Gasteiger partial charge in [-0.3, -0.25) is 16.3 Å². The van der Waals surface area contributed by atoms with Crippen molar-refractivity contribution >= 4 is 15.9 Å². The Kier molecular flexibility index (Phi) is 2.99. The van der Waals surface area contributed by atoms with Crippen LogP contribution in [0.25, 0.3) is 0 Å². The highest BCUT2D eigenvalue weighted by Crippen LogP contribution is 2.13. The average molecular weight is 216 g/mol. The van der Waals surface area contributed by atoms with Crippen molar-refractivity contribution in [2.75, 3.05) is 0 Å². The van der Waals surface area contributed by atoms with Crippen LogP contribution in [0, 0.1) is 0 Å². The highest BCUT2D eigenvalue weighted by Gasteiger charge is 2.02. The summed E-state index contributed by atoms with van der Waals surface area (Å²) in [6.45, 7) is 1.95. The summed E-state index contributed by atoms with van der Waals surface area (Å²) in [6, 6.07) is 3.91. The lowest BCUT2D eigenvalue weighted by molar-refractivity contribution is 0.586. The van der Waals surface area contributed by atoms with Gasteiger partial charge in [-0.05, 0) is 19.1 Å². The van der Waals surface area contributed by atoms with Gasteiger partial charge in [-0.2, -0.15) is 0 Å². The molecule has 60 valence electrons. The lowest BCUT2D eigenvalue weighted by atomic mass is 10.2. The summed E-state index contributed by atoms with van der Waals surface area (Å²) in [5.74, 6) is 5.25. The maximum atomic E-state index is 5.25. The van der Waals surface area contributed by atoms with E-state index in [9.17, 15) is 0 Å². The first-order valence-electron chi connectivity index (χ1n) is 3.31. The summed E-state index contributed by atoms with van der Waals surface area (Å²) >= 11 is 3.35. The summed E-state index contributed by atoms with van der Waals surface area (Å²) < 4.78 is 1.02. The molecule has 0 aliphatic carbocycles. The first-order valence-corrected chi connectivity index (χ1v) is 4.11. The topological polar surface area (TPSA) is 50.9 Å². The normalized spacial score (nSPS) is 13.0. The summed E-state index contributed by atoms with van der Waals surface area (Å²) in [7, 11) is 0. The van der Waals surface area contributed by atoms with E-state index in [2.05, 4.69) is 26.3 Å². The largest absolute Gasteiger partial charge is 0.271 e. The van der Waals surface area contributed by atoms with Crippen molar-refractivity contribution in [2.24, 2.45) is 5.84 Å². The molecule has 3 N–H and O–H groups in total. The number of hydrogen-bond acceptors (Lipinski definition) is 3. The fourth-order valence-corrected chi connectivity index (χ4v) is 1.10. The van der Waals surface area contributed by atoms with Crippen LogP contribution in [0.1, 0.15) is 18.7 Å². The molecule has 3 nitrogen and oxygen atoms in total. The third-order valence-electron chi connectivity index (χ3n) is 1.44. The summed E-state index contributed by atoms with van der Waals surface area (Å²) in [5, 5.41) is 0. The van der Waals surface area contributed by atoms with Crippen molar-refractivity contribution in [3.63, 3.8) is 0 Å². The number of rotatable bonds is 2. The fraction of sp³-hybridized carbons (Fsp3) is 0.286. The molecule has 0 fully saturated rings. The van der Waals surface area contributed by atoms with Crippen LogP contribution in [0.3, 0.4) is 0 Å². The highest BCUT2D eigenvalue weighted by molar-refractivity contribution is 9.10. The van der Waals surface area contributed by atoms with Gasteiger partial charge in [-0.1, -0.05) is 15.9 Å². The highest BCUT2D eigenvalue weighted by atomic mass is 79.9. The van der Waals surface area contributed by atoms with Crippen LogP contribution >= 0.6 is 15.9 Å². The van der Waals surface area contributed by atoms with Crippen LogP contribution in [-0.2, 0) is 0 Å². The molecule has 0 aliphatic rings. The molecule has 0 bridgehead atoms. The number of nitrogens with one attached hydrogen (secondary N) is 1. The van der Waals surface area contributed by atoms with Gasteiger partial charge < -0.3 is 0 Å². The van der Waals surface area contributed by atoms with Gasteiger partial charge in [0.05, 0.1) is 11.7 Å². The Morgan fingerprint density at radius 3 is 3.00 bits per heavy atom. The fourth-order valence-electron chi connectivity index (χ4n) is 0.743. The van der Waals surface area contributed by atoms with Crippen molar-refractivity contribution in [3.8, 4) is 0 Å². The minimum absolute atomic E-state index is 0.0903. The second kappa shape index (κ2) is 3.80. The zero-order valence-corrected chi connectivity index (χ0v) is 7.80. The first kappa shape index (κ1) is 8.64. The molecule has 1 rings (SSSR count). The van der Waals surface area contributed by atoms with E-state index in [-0.39, 0.29) is 6.04 Å². The zero-order valence-electron chi connectivity index (χ0n) is 6.21. The molecular formula is C7H10BrN3. The van der Waals surface area contributed by atoms with Crippen molar-refractivity contribution in [2.45, 2.75) is 13.0 Å². The van der Waals surface area contributed by atoms with Crippen LogP contribution in [0.15, 0.2) is 22.8 Å². The van der Waals surface area contributed by atoms with Crippen LogP contribution in [-0.4, -0.2) is 4.98 Å². The molecule has 1 heterocycles. The Hall–Kier alpha value is -0.450. The number of hydrogen-bond donors (Lipinski definition) is 2. The van der Waals surface area contributed by atoms with E-state index in [4.69, 9.17) is 5.84 Å². The standard InChI is InChI=1S/C7H10BrN3/c1-5(11-9)7-4-6(8)2-3-10-7/h2-5,11H,9H2,1H3. The van der Waals surface area contributed by atoms with Gasteiger partial charge >= 0.3 is 0 Å². The van der Waals surface area contributed by atoms with Gasteiger partial charge in [0.2, 0.25) is 0 Å². The van der Waals surface area contributed by atoms with E-state index >= 15 is 0 Å². The van der Waals surface area contributed by atoms with Gasteiger partial charge in [0.1, 0.15) is 0 Å². The van der Waals surface area contributed by atoms with Gasteiger partial charge in [0.25, 0.3) is 0 Å². The number of halogens is 1. The Morgan fingerprint density at radius 1 is 1.73 bits per heavy atom. The van der Waals surface area contributed by atoms with Gasteiger partial charge in [-0.15, -0.1) is 0 Å². The Bertz CT molecular complexity index is 239. The van der Waals surface area contributed by atoms with E-state index in [0.29, 0.717) is 0 Å². The molecule has 1 aromatic rings. The summed E-state index contributed by atoms with van der Waals surface area (Å²) in [4.78, 5) is 4.14. The van der Waals surface area contributed by atoms with Crippen LogP contribution in [0.2, 0.25) is 0 Å². The monoisotopic (exact) mass is 215 g/mol. The van der Waals surface area contributed by atoms with Crippen molar-refractivity contribution in [1.29, 1.82) is 0 Å². The van der Waals surface area contributed by atoms with Crippen LogP contribution < -0.4 is 11.3 Å². The van der Waals surface area contributed by atoms with Crippen molar-refractivity contribution in [1.82, 2.24) is 10.4 Å². The Morgan fingerprint density at radius 2 is 2.45 bits per heavy atom. The Labute approximate surface area is 74.1 Å². The molecule has 0 radical (unpaired) electrons. The molecule has 0 spiro atoms. The number of pyridine rings is 1. The number of aromatic nitrogens is 1. The molecule has 0 saturated heterocycles. The second-order valence-corrected chi connectivity index (χ2v) is 3.20. The molecule has 11 heavy (non-hydrogen) atoms. The number of hydrazine groups is 1. The predicted molar refractivity (Wildman–Crippen MR) is 47.7 cm³/mol. The molecule has 0 amide bonds. The quantitative estimate of drug-likeness (QED) is 0.579. The van der Waals surface area contributed by atoms with Crippen molar-refractivity contribution in [3.05, 3.63) is 28.5 Å². The predicted octanol–water partition coefficient (Wildman–Crippen LogP) is 1.37. The van der Waals surface area contributed by atoms with Crippen molar-refractivity contribution < 1.29 is 0 Å². The van der Waals surface area contributed by atoms with Gasteiger partial charge in [0.15, 0.2) is 0 Å². The molecule has 1 aromatic heterocycles. The SMILES string of the molecule is CC(NN)c1cc(Br)ccn1. The third kappa shape index (κ3) is 2.25. The lowest BCUT2D eigenvalue weighted by Crippen LogP contribution is -2.26. The molecule has 0 aromatic carbocycles. The first-order chi connectivity index (χ1) is 5.24. The van der Waals surface area contributed by atoms with E-state index in [1.54, 1.807) is 6.20 Å². The second-order valence-electron chi connectivity index (χ2n) is 2.29.